The molecule has 6 aliphatic rings. The van der Waals surface area contributed by atoms with Crippen LogP contribution in [0.3, 0.4) is 0 Å². The lowest BCUT2D eigenvalue weighted by Gasteiger charge is -2.51. The Bertz CT molecular complexity index is 4550. The Morgan fingerprint density at radius 3 is 1.17 bits per heavy atom. The van der Waals surface area contributed by atoms with Crippen LogP contribution in [0.15, 0.2) is 152 Å². The number of anilines is 8. The molecule has 0 spiro atoms. The van der Waals surface area contributed by atoms with E-state index in [2.05, 4.69) is 321 Å². The van der Waals surface area contributed by atoms with Gasteiger partial charge in [0.2, 0.25) is 0 Å². The maximum absolute atomic E-state index is 2.90. The third-order valence-corrected chi connectivity index (χ3v) is 27.2. The van der Waals surface area contributed by atoms with Crippen LogP contribution < -0.4 is 29.7 Å². The van der Waals surface area contributed by atoms with Crippen molar-refractivity contribution in [2.75, 3.05) is 14.7 Å². The van der Waals surface area contributed by atoms with Gasteiger partial charge in [0.1, 0.15) is 0 Å². The molecular formula is C88H98BN3S2. The lowest BCUT2D eigenvalue weighted by atomic mass is 9.39. The summed E-state index contributed by atoms with van der Waals surface area (Å²) in [6.07, 6.45) is 9.36. The minimum atomic E-state index is -0.216. The molecule has 2 aromatic heterocycles. The largest absolute Gasteiger partial charge is 0.334 e. The summed E-state index contributed by atoms with van der Waals surface area (Å²) < 4.78 is 5.68. The number of benzene rings is 8. The molecule has 0 bridgehead atoms. The summed E-state index contributed by atoms with van der Waals surface area (Å²) in [5.41, 5.74) is 28.1. The lowest BCUT2D eigenvalue weighted by Crippen LogP contribution is -2.60. The van der Waals surface area contributed by atoms with Gasteiger partial charge in [-0.3, -0.25) is 0 Å². The van der Waals surface area contributed by atoms with Gasteiger partial charge in [0.15, 0.2) is 0 Å². The fourth-order valence-electron chi connectivity index (χ4n) is 18.4. The van der Waals surface area contributed by atoms with E-state index in [0.29, 0.717) is 0 Å². The van der Waals surface area contributed by atoms with E-state index in [1.165, 1.54) is 173 Å². The number of hydrogen-bond donors (Lipinski definition) is 0. The van der Waals surface area contributed by atoms with Gasteiger partial charge in [0.25, 0.3) is 6.71 Å². The maximum atomic E-state index is 2.90. The third-order valence-electron chi connectivity index (χ3n) is 24.8. The van der Waals surface area contributed by atoms with Crippen molar-refractivity contribution >= 4 is 110 Å². The van der Waals surface area contributed by atoms with Gasteiger partial charge < -0.3 is 14.7 Å². The Kier molecular flexibility index (Phi) is 13.4. The second-order valence-electron chi connectivity index (χ2n) is 35.8. The first-order valence-electron chi connectivity index (χ1n) is 35.6. The Labute approximate surface area is 571 Å². The minimum Gasteiger partial charge on any atom is -0.334 e. The predicted molar refractivity (Wildman–Crippen MR) is 412 cm³/mol. The molecule has 94 heavy (non-hydrogen) atoms. The van der Waals surface area contributed by atoms with Crippen LogP contribution in [0.4, 0.5) is 45.5 Å². The topological polar surface area (TPSA) is 9.72 Å². The molecule has 6 heteroatoms. The van der Waals surface area contributed by atoms with Crippen LogP contribution in [0.25, 0.3) is 42.4 Å². The molecule has 2 atom stereocenters. The SMILES string of the molecule is CC(C)(C)c1ccc(N2c3cc(N4c5ccc(C(C)(C)C)cc5C5(C)CCCCC45C)cc4c3B(c3sc5cc6c(cc5c32)C(C)(C)CCC6(C)C)c2sc3cc5c(cc3c2N4c2ccc(C(C)(C)C)cc2-c2ccccc2)C(C)(C)CCC5(C)C)c(-c2ccccc2)c1. The normalized spacial score (nSPS) is 21.4. The van der Waals surface area contributed by atoms with Gasteiger partial charge in [0, 0.05) is 69.0 Å². The van der Waals surface area contributed by atoms with Gasteiger partial charge in [-0.25, -0.2) is 0 Å². The number of thiophene rings is 2. The molecule has 1 fully saturated rings. The average Bonchev–Trinajstić information content (AvgIpc) is 1.44. The number of fused-ring (bicyclic) bond motifs is 13. The second kappa shape index (κ2) is 20.4. The standard InChI is InChI=1S/C88H98BN3S2/c1-80(2,3)55-32-35-68(59(44-55)53-28-22-20-23-29-53)90-71-47-58(92-70-37-34-57(82(7,8)9)46-67(70)87(18)38-26-27-39-88(87,92)19)48-72-75(71)89(78-76(90)61-49-63-65(51-73(61)93-78)85(14,15)42-40-83(63,10)11)79-77(62-50-64-66(52-74(62)94-79)86(16,17)43-41-84(64,12)13)91(72)69-36-33-56(81(4,5)6)45-60(69)54-30-24-21-25-31-54/h20-25,28-37,44-52H,26-27,38-43H2,1-19H3. The number of rotatable bonds is 5. The first-order chi connectivity index (χ1) is 44.2. The van der Waals surface area contributed by atoms with Crippen LogP contribution in [-0.4, -0.2) is 12.3 Å². The van der Waals surface area contributed by atoms with E-state index >= 15 is 0 Å². The Balaban J connectivity index is 1.12. The molecule has 3 nitrogen and oxygen atoms in total. The van der Waals surface area contributed by atoms with E-state index in [9.17, 15) is 0 Å². The van der Waals surface area contributed by atoms with E-state index in [1.807, 2.05) is 0 Å². The molecule has 10 aromatic rings. The van der Waals surface area contributed by atoms with Crippen LogP contribution in [0.5, 0.6) is 0 Å². The van der Waals surface area contributed by atoms with Crippen molar-refractivity contribution in [1.82, 2.24) is 0 Å². The van der Waals surface area contributed by atoms with Crippen molar-refractivity contribution in [3.63, 3.8) is 0 Å². The fraction of sp³-hybridized carbons (Fsp3) is 0.409. The zero-order valence-corrected chi connectivity index (χ0v) is 61.5. The van der Waals surface area contributed by atoms with Gasteiger partial charge in [-0.15, -0.1) is 22.7 Å². The molecule has 0 amide bonds. The minimum absolute atomic E-state index is 0.00431. The molecule has 0 N–H and O–H groups in total. The van der Waals surface area contributed by atoms with Crippen molar-refractivity contribution in [2.45, 2.75) is 232 Å². The summed E-state index contributed by atoms with van der Waals surface area (Å²) >= 11 is 4.19. The molecule has 3 aliphatic heterocycles. The molecule has 3 aliphatic carbocycles. The van der Waals surface area contributed by atoms with Crippen molar-refractivity contribution in [1.29, 1.82) is 0 Å². The highest BCUT2D eigenvalue weighted by Crippen LogP contribution is 2.64. The molecule has 8 aromatic carbocycles. The van der Waals surface area contributed by atoms with Gasteiger partial charge >= 0.3 is 0 Å². The zero-order chi connectivity index (χ0) is 66.1. The molecule has 16 rings (SSSR count). The maximum Gasteiger partial charge on any atom is 0.277 e. The van der Waals surface area contributed by atoms with E-state index in [-0.39, 0.29) is 55.6 Å². The number of nitrogens with zero attached hydrogens (tertiary/aromatic N) is 3. The molecule has 0 saturated heterocycles. The Morgan fingerprint density at radius 2 is 0.755 bits per heavy atom. The second-order valence-corrected chi connectivity index (χ2v) is 37.9. The zero-order valence-electron chi connectivity index (χ0n) is 59.8. The highest BCUT2D eigenvalue weighted by molar-refractivity contribution is 7.40. The lowest BCUT2D eigenvalue weighted by molar-refractivity contribution is 0.195. The van der Waals surface area contributed by atoms with Gasteiger partial charge in [-0.05, 0) is 211 Å². The van der Waals surface area contributed by atoms with Crippen LogP contribution in [0.2, 0.25) is 0 Å². The predicted octanol–water partition coefficient (Wildman–Crippen LogP) is 23.9. The monoisotopic (exact) mass is 1270 g/mol. The van der Waals surface area contributed by atoms with E-state index in [1.54, 1.807) is 0 Å². The summed E-state index contributed by atoms with van der Waals surface area (Å²) in [5, 5.41) is 2.75. The van der Waals surface area contributed by atoms with Crippen molar-refractivity contribution in [3.8, 4) is 22.3 Å². The molecule has 480 valence electrons. The fourth-order valence-corrected chi connectivity index (χ4v) is 21.1. The van der Waals surface area contributed by atoms with Crippen LogP contribution >= 0.6 is 22.7 Å². The molecular weight excluding hydrogens is 1170 g/mol. The quantitative estimate of drug-likeness (QED) is 0.159. The first-order valence-corrected chi connectivity index (χ1v) is 37.2. The smallest absolute Gasteiger partial charge is 0.277 e. The van der Waals surface area contributed by atoms with E-state index in [0.717, 1.165) is 25.7 Å². The van der Waals surface area contributed by atoms with E-state index < -0.39 is 0 Å². The van der Waals surface area contributed by atoms with Crippen LogP contribution in [0, 0.1) is 0 Å². The summed E-state index contributed by atoms with van der Waals surface area (Å²) in [6.45, 7) is 46.8. The Morgan fingerprint density at radius 1 is 0.372 bits per heavy atom. The Hall–Kier alpha value is -6.86. The van der Waals surface area contributed by atoms with Crippen LogP contribution in [-0.2, 0) is 43.3 Å². The van der Waals surface area contributed by atoms with Crippen LogP contribution in [0.1, 0.15) is 227 Å². The van der Waals surface area contributed by atoms with E-state index in [4.69, 9.17) is 0 Å². The first kappa shape index (κ1) is 62.0. The molecule has 1 saturated carbocycles. The third kappa shape index (κ3) is 9.05. The highest BCUT2D eigenvalue weighted by Gasteiger charge is 2.59. The van der Waals surface area contributed by atoms with Crippen molar-refractivity contribution in [3.05, 3.63) is 196 Å². The summed E-state index contributed by atoms with van der Waals surface area (Å²) in [7, 11) is 0. The highest BCUT2D eigenvalue weighted by atomic mass is 32.1. The van der Waals surface area contributed by atoms with Crippen molar-refractivity contribution in [2.24, 2.45) is 0 Å². The summed E-state index contributed by atoms with van der Waals surface area (Å²) in [5.74, 6) is 0. The van der Waals surface area contributed by atoms with Crippen molar-refractivity contribution < 1.29 is 0 Å². The number of hydrogen-bond acceptors (Lipinski definition) is 5. The van der Waals surface area contributed by atoms with Gasteiger partial charge in [0.05, 0.1) is 28.3 Å². The molecule has 5 heterocycles. The van der Waals surface area contributed by atoms with Gasteiger partial charge in [-0.1, -0.05) is 222 Å². The summed E-state index contributed by atoms with van der Waals surface area (Å²) in [6, 6.07) is 61.8. The molecule has 2 unspecified atom stereocenters. The molecule has 0 radical (unpaired) electrons. The average molecular weight is 1270 g/mol. The van der Waals surface area contributed by atoms with Gasteiger partial charge in [-0.2, -0.15) is 0 Å². The summed E-state index contributed by atoms with van der Waals surface area (Å²) in [4.78, 5) is 8.60.